The van der Waals surface area contributed by atoms with Crippen LogP contribution in [-0.2, 0) is 0 Å². The van der Waals surface area contributed by atoms with E-state index >= 15 is 0 Å². The fourth-order valence-electron chi connectivity index (χ4n) is 2.49. The Morgan fingerprint density at radius 1 is 1.17 bits per heavy atom. The van der Waals surface area contributed by atoms with E-state index in [1.807, 2.05) is 0 Å². The topological polar surface area (TPSA) is 12.0 Å². The molecule has 1 aliphatic heterocycles. The molecule has 1 N–H and O–H groups in total. The number of fused-ring (bicyclic) bond motifs is 1. The Kier molecular flexibility index (Phi) is 2.07. The monoisotopic (exact) mass is 175 g/mol. The van der Waals surface area contributed by atoms with Gasteiger partial charge >= 0.3 is 0 Å². The van der Waals surface area contributed by atoms with Crippen molar-refractivity contribution in [3.8, 4) is 0 Å². The first-order valence-electron chi connectivity index (χ1n) is 4.81. The van der Waals surface area contributed by atoms with Gasteiger partial charge in [0, 0.05) is 24.9 Å². The van der Waals surface area contributed by atoms with Gasteiger partial charge in [-0.2, -0.15) is 0 Å². The molecule has 2 rings (SSSR count). The fraction of sp³-hybridized carbons (Fsp3) is 1.00. The molecule has 0 radical (unpaired) electrons. The predicted molar refractivity (Wildman–Crippen MR) is 43.3 cm³/mol. The molecule has 70 valence electrons. The lowest BCUT2D eigenvalue weighted by Crippen LogP contribution is -2.53. The zero-order chi connectivity index (χ0) is 8.60. The minimum atomic E-state index is -2.39. The highest BCUT2D eigenvalue weighted by molar-refractivity contribution is 4.94. The highest BCUT2D eigenvalue weighted by Crippen LogP contribution is 2.40. The van der Waals surface area contributed by atoms with Crippen molar-refractivity contribution in [2.75, 3.05) is 6.54 Å². The van der Waals surface area contributed by atoms with Gasteiger partial charge in [0.2, 0.25) is 0 Å². The van der Waals surface area contributed by atoms with Crippen molar-refractivity contribution < 1.29 is 8.78 Å². The number of nitrogens with one attached hydrogen (secondary N) is 1. The van der Waals surface area contributed by atoms with Gasteiger partial charge in [0.25, 0.3) is 5.92 Å². The lowest BCUT2D eigenvalue weighted by Gasteiger charge is -2.41. The van der Waals surface area contributed by atoms with Crippen LogP contribution in [0.1, 0.15) is 32.1 Å². The molecule has 12 heavy (non-hydrogen) atoms. The van der Waals surface area contributed by atoms with Gasteiger partial charge in [-0.15, -0.1) is 0 Å². The predicted octanol–water partition coefficient (Wildman–Crippen LogP) is 2.17. The van der Waals surface area contributed by atoms with Crippen molar-refractivity contribution in [2.24, 2.45) is 5.92 Å². The SMILES string of the molecule is FC1(F)CCNC2CCCCC21. The number of piperidine rings is 1. The van der Waals surface area contributed by atoms with Crippen molar-refractivity contribution in [1.29, 1.82) is 0 Å². The average Bonchev–Trinajstić information content (AvgIpc) is 2.04. The molecule has 2 fully saturated rings. The Labute approximate surface area is 71.5 Å². The van der Waals surface area contributed by atoms with Gasteiger partial charge in [-0.25, -0.2) is 8.78 Å². The number of hydrogen-bond acceptors (Lipinski definition) is 1. The standard InChI is InChI=1S/C9H15F2N/c10-9(11)5-6-12-8-4-2-1-3-7(8)9/h7-8,12H,1-6H2. The third-order valence-electron chi connectivity index (χ3n) is 3.17. The maximum Gasteiger partial charge on any atom is 0.253 e. The lowest BCUT2D eigenvalue weighted by molar-refractivity contribution is -0.106. The first-order chi connectivity index (χ1) is 5.70. The number of rotatable bonds is 0. The average molecular weight is 175 g/mol. The second-order valence-corrected chi connectivity index (χ2v) is 3.96. The molecule has 1 aliphatic carbocycles. The fourth-order valence-corrected chi connectivity index (χ4v) is 2.49. The van der Waals surface area contributed by atoms with Gasteiger partial charge in [-0.05, 0) is 12.8 Å². The molecule has 0 aromatic heterocycles. The van der Waals surface area contributed by atoms with E-state index in [-0.39, 0.29) is 18.4 Å². The molecule has 1 heterocycles. The third-order valence-corrected chi connectivity index (χ3v) is 3.17. The van der Waals surface area contributed by atoms with Crippen LogP contribution in [0, 0.1) is 5.92 Å². The van der Waals surface area contributed by atoms with Crippen LogP contribution in [0.5, 0.6) is 0 Å². The molecule has 0 amide bonds. The molecule has 1 nitrogen and oxygen atoms in total. The zero-order valence-electron chi connectivity index (χ0n) is 7.15. The lowest BCUT2D eigenvalue weighted by atomic mass is 9.77. The first-order valence-corrected chi connectivity index (χ1v) is 4.81. The van der Waals surface area contributed by atoms with Crippen LogP contribution < -0.4 is 5.32 Å². The van der Waals surface area contributed by atoms with Gasteiger partial charge in [-0.3, -0.25) is 0 Å². The Hall–Kier alpha value is -0.180. The van der Waals surface area contributed by atoms with Crippen molar-refractivity contribution in [3.63, 3.8) is 0 Å². The summed E-state index contributed by atoms with van der Waals surface area (Å²) in [7, 11) is 0. The Bertz CT molecular complexity index is 168. The smallest absolute Gasteiger partial charge is 0.253 e. The molecule has 2 atom stereocenters. The summed E-state index contributed by atoms with van der Waals surface area (Å²) in [4.78, 5) is 0. The normalized spacial score (nSPS) is 40.5. The highest BCUT2D eigenvalue weighted by atomic mass is 19.3. The first kappa shape index (κ1) is 8.42. The summed E-state index contributed by atoms with van der Waals surface area (Å²) in [6, 6.07) is 0.0995. The Morgan fingerprint density at radius 3 is 2.67 bits per heavy atom. The minimum Gasteiger partial charge on any atom is -0.313 e. The molecular formula is C9H15F2N. The van der Waals surface area contributed by atoms with E-state index in [2.05, 4.69) is 5.32 Å². The molecule has 0 aromatic carbocycles. The van der Waals surface area contributed by atoms with E-state index < -0.39 is 5.92 Å². The third kappa shape index (κ3) is 1.35. The van der Waals surface area contributed by atoms with Gasteiger partial charge < -0.3 is 5.32 Å². The van der Waals surface area contributed by atoms with Crippen molar-refractivity contribution in [2.45, 2.75) is 44.1 Å². The largest absolute Gasteiger partial charge is 0.313 e. The van der Waals surface area contributed by atoms with Crippen LogP contribution in [0.25, 0.3) is 0 Å². The summed E-state index contributed by atoms with van der Waals surface area (Å²) in [6.07, 6.45) is 3.79. The second kappa shape index (κ2) is 2.95. The van der Waals surface area contributed by atoms with Crippen molar-refractivity contribution >= 4 is 0 Å². The molecule has 0 bridgehead atoms. The number of alkyl halides is 2. The van der Waals surface area contributed by atoms with Gasteiger partial charge in [0.05, 0.1) is 0 Å². The summed E-state index contributed by atoms with van der Waals surface area (Å²) >= 11 is 0. The van der Waals surface area contributed by atoms with E-state index in [1.165, 1.54) is 0 Å². The maximum atomic E-state index is 13.3. The van der Waals surface area contributed by atoms with E-state index in [9.17, 15) is 8.78 Å². The van der Waals surface area contributed by atoms with Gasteiger partial charge in [0.15, 0.2) is 0 Å². The maximum absolute atomic E-state index is 13.3. The summed E-state index contributed by atoms with van der Waals surface area (Å²) in [5, 5.41) is 3.20. The quantitative estimate of drug-likeness (QED) is 0.595. The number of hydrogen-bond donors (Lipinski definition) is 1. The van der Waals surface area contributed by atoms with Crippen LogP contribution in [0.15, 0.2) is 0 Å². The summed E-state index contributed by atoms with van der Waals surface area (Å²) in [5.41, 5.74) is 0. The van der Waals surface area contributed by atoms with E-state index in [4.69, 9.17) is 0 Å². The molecule has 2 aliphatic rings. The molecule has 3 heteroatoms. The summed E-state index contributed by atoms with van der Waals surface area (Å²) < 4.78 is 26.6. The van der Waals surface area contributed by atoms with Gasteiger partial charge in [-0.1, -0.05) is 12.8 Å². The van der Waals surface area contributed by atoms with Gasteiger partial charge in [0.1, 0.15) is 0 Å². The summed E-state index contributed by atoms with van der Waals surface area (Å²) in [6.45, 7) is 0.494. The number of halogens is 2. The Morgan fingerprint density at radius 2 is 1.92 bits per heavy atom. The van der Waals surface area contributed by atoms with Crippen molar-refractivity contribution in [3.05, 3.63) is 0 Å². The van der Waals surface area contributed by atoms with Crippen LogP contribution in [0.4, 0.5) is 8.78 Å². The molecule has 1 saturated carbocycles. The highest BCUT2D eigenvalue weighted by Gasteiger charge is 2.47. The second-order valence-electron chi connectivity index (χ2n) is 3.96. The molecular weight excluding hydrogens is 160 g/mol. The van der Waals surface area contributed by atoms with Crippen LogP contribution in [0.2, 0.25) is 0 Å². The molecule has 2 unspecified atom stereocenters. The van der Waals surface area contributed by atoms with Crippen LogP contribution in [-0.4, -0.2) is 18.5 Å². The van der Waals surface area contributed by atoms with Crippen LogP contribution in [0.3, 0.4) is 0 Å². The molecule has 0 aromatic rings. The van der Waals surface area contributed by atoms with Crippen LogP contribution >= 0.6 is 0 Å². The zero-order valence-corrected chi connectivity index (χ0v) is 7.15. The Balaban J connectivity index is 2.09. The van der Waals surface area contributed by atoms with E-state index in [0.29, 0.717) is 13.0 Å². The minimum absolute atomic E-state index is 0.0359. The van der Waals surface area contributed by atoms with E-state index in [1.54, 1.807) is 0 Å². The summed E-state index contributed by atoms with van der Waals surface area (Å²) in [5.74, 6) is -2.77. The molecule has 1 saturated heterocycles. The molecule has 0 spiro atoms. The van der Waals surface area contributed by atoms with Crippen molar-refractivity contribution in [1.82, 2.24) is 5.32 Å². The van der Waals surface area contributed by atoms with E-state index in [0.717, 1.165) is 19.3 Å².